The molecular weight excluding hydrogens is 519 g/mol. The van der Waals surface area contributed by atoms with Crippen LogP contribution in [-0.4, -0.2) is 31.3 Å². The predicted octanol–water partition coefficient (Wildman–Crippen LogP) is 4.78. The molecule has 0 unspecified atom stereocenters. The van der Waals surface area contributed by atoms with Crippen LogP contribution >= 0.6 is 0 Å². The van der Waals surface area contributed by atoms with Gasteiger partial charge in [-0.05, 0) is 43.2 Å². The molecule has 6 heteroatoms. The molecule has 1 aliphatic rings. The van der Waals surface area contributed by atoms with Crippen LogP contribution in [0, 0.1) is 12.0 Å². The Balaban J connectivity index is 0.000000449. The van der Waals surface area contributed by atoms with Gasteiger partial charge < -0.3 is 19.7 Å². The molecule has 3 aromatic rings. The summed E-state index contributed by atoms with van der Waals surface area (Å²) in [7, 11) is 1.69. The van der Waals surface area contributed by atoms with E-state index in [4.69, 9.17) is 9.73 Å². The van der Waals surface area contributed by atoms with Gasteiger partial charge in [0.15, 0.2) is 5.78 Å². The molecule has 0 amide bonds. The fourth-order valence-corrected chi connectivity index (χ4v) is 3.72. The van der Waals surface area contributed by atoms with E-state index in [1.807, 2.05) is 18.2 Å². The van der Waals surface area contributed by atoms with Crippen molar-refractivity contribution in [2.75, 3.05) is 18.6 Å². The number of methoxy groups -OCH3 is 1. The summed E-state index contributed by atoms with van der Waals surface area (Å²) in [5.41, 5.74) is 2.20. The Morgan fingerprint density at radius 3 is 2.38 bits per heavy atom. The standard InChI is InChI=1S/C23H23N2O.C5H8O2.Pd/c1-16(2)22-15-25(18-11-13-19(26-3)14-12-18)23(24-22)21-10-6-8-17-7-4-5-9-20(17)21;1-4(6)3-5(2)7;/h4-9,11-14,16,22H,15H2,1-3H3;3,6H,1-2H3;/q-1;;+2/p-1/b;4-3-;/t22-;;/m1../s1. The van der Waals surface area contributed by atoms with E-state index in [0.717, 1.165) is 35.5 Å². The van der Waals surface area contributed by atoms with Crippen molar-refractivity contribution in [2.24, 2.45) is 10.9 Å². The zero-order valence-corrected chi connectivity index (χ0v) is 21.7. The number of hydrogen-bond acceptors (Lipinski definition) is 5. The predicted molar refractivity (Wildman–Crippen MR) is 133 cm³/mol. The minimum absolute atomic E-state index is 0. The van der Waals surface area contributed by atoms with E-state index >= 15 is 0 Å². The summed E-state index contributed by atoms with van der Waals surface area (Å²) >= 11 is 0. The van der Waals surface area contributed by atoms with Crippen LogP contribution in [0.1, 0.15) is 33.3 Å². The van der Waals surface area contributed by atoms with Crippen LogP contribution in [0.5, 0.6) is 5.75 Å². The first kappa shape index (κ1) is 27.3. The average molecular weight is 549 g/mol. The van der Waals surface area contributed by atoms with Crippen molar-refractivity contribution in [1.29, 1.82) is 0 Å². The molecule has 180 valence electrons. The van der Waals surface area contributed by atoms with E-state index in [0.29, 0.717) is 5.92 Å². The van der Waals surface area contributed by atoms with Crippen LogP contribution in [0.25, 0.3) is 10.8 Å². The Hall–Kier alpha value is -2.94. The number of benzene rings is 3. The van der Waals surface area contributed by atoms with Crippen LogP contribution < -0.4 is 14.7 Å². The molecule has 0 aromatic heterocycles. The van der Waals surface area contributed by atoms with Gasteiger partial charge in [-0.1, -0.05) is 50.4 Å². The Kier molecular flexibility index (Phi) is 10.0. The Labute approximate surface area is 215 Å². The zero-order chi connectivity index (χ0) is 24.0. The van der Waals surface area contributed by atoms with Crippen molar-refractivity contribution in [1.82, 2.24) is 0 Å². The maximum Gasteiger partial charge on any atom is 2.00 e. The van der Waals surface area contributed by atoms with Crippen molar-refractivity contribution in [2.45, 2.75) is 33.7 Å². The summed E-state index contributed by atoms with van der Waals surface area (Å²) in [6, 6.07) is 24.5. The minimum atomic E-state index is -0.187. The fraction of sp³-hybridized carbons (Fsp3) is 0.286. The Morgan fingerprint density at radius 1 is 1.15 bits per heavy atom. The topological polar surface area (TPSA) is 65.0 Å². The van der Waals surface area contributed by atoms with Crippen molar-refractivity contribution in [3.8, 4) is 5.75 Å². The number of aliphatic imine (C=N–C) groups is 1. The van der Waals surface area contributed by atoms with E-state index < -0.39 is 0 Å². The summed E-state index contributed by atoms with van der Waals surface area (Å²) in [5.74, 6) is 1.98. The van der Waals surface area contributed by atoms with Crippen molar-refractivity contribution < 1.29 is 35.1 Å². The maximum atomic E-state index is 9.98. The molecular formula is C28H30N2O3Pd. The van der Waals surface area contributed by atoms with Crippen molar-refractivity contribution in [3.63, 3.8) is 0 Å². The van der Waals surface area contributed by atoms with Crippen LogP contribution in [0.2, 0.25) is 0 Å². The van der Waals surface area contributed by atoms with E-state index in [1.165, 1.54) is 24.6 Å². The van der Waals surface area contributed by atoms with Crippen LogP contribution in [0.15, 0.2) is 77.5 Å². The van der Waals surface area contributed by atoms with Gasteiger partial charge in [0.25, 0.3) is 0 Å². The number of rotatable bonds is 5. The van der Waals surface area contributed by atoms with Gasteiger partial charge in [0.2, 0.25) is 0 Å². The van der Waals surface area contributed by atoms with Gasteiger partial charge in [-0.15, -0.1) is 34.9 Å². The second kappa shape index (κ2) is 12.5. The summed E-state index contributed by atoms with van der Waals surface area (Å²) in [6.07, 6.45) is 1.06. The molecule has 1 aliphatic heterocycles. The second-order valence-electron chi connectivity index (χ2n) is 8.38. The summed E-state index contributed by atoms with van der Waals surface area (Å²) < 4.78 is 5.31. The summed E-state index contributed by atoms with van der Waals surface area (Å²) in [6.45, 7) is 8.05. The Morgan fingerprint density at radius 2 is 1.82 bits per heavy atom. The first-order valence-corrected chi connectivity index (χ1v) is 11.0. The third kappa shape index (κ3) is 6.79. The van der Waals surface area contributed by atoms with Crippen LogP contribution in [-0.2, 0) is 25.2 Å². The average Bonchev–Trinajstić information content (AvgIpc) is 3.24. The minimum Gasteiger partial charge on any atom is -0.876 e. The number of ketones is 1. The zero-order valence-electron chi connectivity index (χ0n) is 20.1. The first-order valence-electron chi connectivity index (χ1n) is 11.0. The normalized spacial score (nSPS) is 15.4. The van der Waals surface area contributed by atoms with Gasteiger partial charge in [-0.3, -0.25) is 4.79 Å². The monoisotopic (exact) mass is 548 g/mol. The smallest absolute Gasteiger partial charge is 0.876 e. The fourth-order valence-electron chi connectivity index (χ4n) is 3.72. The second-order valence-corrected chi connectivity index (χ2v) is 8.38. The largest absolute Gasteiger partial charge is 2.00 e. The quantitative estimate of drug-likeness (QED) is 0.199. The molecule has 0 radical (unpaired) electrons. The molecule has 0 saturated carbocycles. The molecule has 5 nitrogen and oxygen atoms in total. The first-order chi connectivity index (χ1) is 15.8. The molecule has 34 heavy (non-hydrogen) atoms. The molecule has 1 atom stereocenters. The number of carbonyl (C=O) groups excluding carboxylic acids is 1. The summed E-state index contributed by atoms with van der Waals surface area (Å²) in [5, 5.41) is 12.4. The molecule has 0 saturated heterocycles. The van der Waals surface area contributed by atoms with Gasteiger partial charge in [0.05, 0.1) is 19.0 Å². The van der Waals surface area contributed by atoms with E-state index in [1.54, 1.807) is 7.11 Å². The number of fused-ring (bicyclic) bond motifs is 1. The number of ether oxygens (including phenoxy) is 1. The van der Waals surface area contributed by atoms with E-state index in [-0.39, 0.29) is 38.0 Å². The van der Waals surface area contributed by atoms with Crippen molar-refractivity contribution in [3.05, 3.63) is 84.1 Å². The molecule has 0 bridgehead atoms. The van der Waals surface area contributed by atoms with Gasteiger partial charge in [-0.25, -0.2) is 0 Å². The molecule has 3 aromatic carbocycles. The summed E-state index contributed by atoms with van der Waals surface area (Å²) in [4.78, 5) is 17.4. The van der Waals surface area contributed by atoms with Crippen LogP contribution in [0.3, 0.4) is 0 Å². The van der Waals surface area contributed by atoms with Gasteiger partial charge >= 0.3 is 20.4 Å². The maximum absolute atomic E-state index is 9.98. The third-order valence-corrected chi connectivity index (χ3v) is 5.42. The number of nitrogens with zero attached hydrogens (tertiary/aromatic N) is 2. The molecule has 4 rings (SSSR count). The van der Waals surface area contributed by atoms with Crippen LogP contribution in [0.4, 0.5) is 5.69 Å². The van der Waals surface area contributed by atoms with Gasteiger partial charge in [0.1, 0.15) is 5.75 Å². The van der Waals surface area contributed by atoms with Crippen molar-refractivity contribution >= 4 is 28.1 Å². The van der Waals surface area contributed by atoms with E-state index in [9.17, 15) is 9.90 Å². The molecule has 0 fully saturated rings. The molecule has 0 spiro atoms. The SMILES string of the molecule is CC(=O)/C=C(/C)[O-].COc1ccc(N2C[C@H](C(C)C)N=C2c2[c-]ccc3ccccc23)cc1.[Pd+2]. The van der Waals surface area contributed by atoms with E-state index in [2.05, 4.69) is 67.3 Å². The molecule has 0 aliphatic carbocycles. The Bertz CT molecular complexity index is 1160. The molecule has 1 heterocycles. The number of allylic oxidation sites excluding steroid dienone is 2. The number of amidine groups is 1. The van der Waals surface area contributed by atoms with Gasteiger partial charge in [0, 0.05) is 12.2 Å². The third-order valence-electron chi connectivity index (χ3n) is 5.42. The van der Waals surface area contributed by atoms with Gasteiger partial charge in [-0.2, -0.15) is 0 Å². The number of hydrogen-bond donors (Lipinski definition) is 0. The number of anilines is 1. The molecule has 0 N–H and O–H groups in total. The number of carbonyl (C=O) groups is 1.